The largest absolute Gasteiger partial charge is 0.486 e. The molecular weight excluding hydrogens is 239 g/mol. The Hall–Kier alpha value is -1.78. The van der Waals surface area contributed by atoms with E-state index >= 15 is 0 Å². The molecule has 0 spiro atoms. The molecule has 4 nitrogen and oxygen atoms in total. The van der Waals surface area contributed by atoms with E-state index in [1.54, 1.807) is 19.9 Å². The number of hydrogen-bond donors (Lipinski definition) is 1. The first-order chi connectivity index (χ1) is 8.40. The summed E-state index contributed by atoms with van der Waals surface area (Å²) in [6.07, 6.45) is 0.232. The van der Waals surface area contributed by atoms with Gasteiger partial charge >= 0.3 is 5.97 Å². The molecule has 0 saturated heterocycles. The molecule has 0 aromatic heterocycles. The Labute approximate surface area is 104 Å². The van der Waals surface area contributed by atoms with Gasteiger partial charge in [0.15, 0.2) is 17.3 Å². The van der Waals surface area contributed by atoms with E-state index in [4.69, 9.17) is 14.6 Å². The number of carbonyl (C=O) groups is 1. The third-order valence-electron chi connectivity index (χ3n) is 2.88. The SMILES string of the molecule is CC(C)(Cc1cc(F)c2c(c1)OCCO2)C(=O)O. The highest BCUT2D eigenvalue weighted by Crippen LogP contribution is 2.35. The maximum atomic E-state index is 13.8. The Kier molecular flexibility index (Phi) is 3.15. The van der Waals surface area contributed by atoms with Gasteiger partial charge in [-0.3, -0.25) is 4.79 Å². The molecule has 0 fully saturated rings. The fourth-order valence-electron chi connectivity index (χ4n) is 1.85. The lowest BCUT2D eigenvalue weighted by molar-refractivity contribution is -0.146. The van der Waals surface area contributed by atoms with Crippen LogP contribution in [0.15, 0.2) is 12.1 Å². The average molecular weight is 254 g/mol. The minimum Gasteiger partial charge on any atom is -0.486 e. The van der Waals surface area contributed by atoms with E-state index in [1.165, 1.54) is 6.07 Å². The quantitative estimate of drug-likeness (QED) is 0.898. The molecule has 1 heterocycles. The van der Waals surface area contributed by atoms with Crippen molar-refractivity contribution < 1.29 is 23.8 Å². The standard InChI is InChI=1S/C13H15FO4/c1-13(2,12(15)16)7-8-5-9(14)11-10(6-8)17-3-4-18-11/h5-6H,3-4,7H2,1-2H3,(H,15,16). The summed E-state index contributed by atoms with van der Waals surface area (Å²) in [5, 5.41) is 9.06. The maximum absolute atomic E-state index is 13.8. The zero-order valence-corrected chi connectivity index (χ0v) is 10.3. The summed E-state index contributed by atoms with van der Waals surface area (Å²) in [5.41, 5.74) is -0.361. The van der Waals surface area contributed by atoms with Gasteiger partial charge in [-0.05, 0) is 38.0 Å². The third kappa shape index (κ3) is 2.39. The lowest BCUT2D eigenvalue weighted by Crippen LogP contribution is -2.26. The predicted molar refractivity (Wildman–Crippen MR) is 62.5 cm³/mol. The van der Waals surface area contributed by atoms with Gasteiger partial charge < -0.3 is 14.6 Å². The van der Waals surface area contributed by atoms with Crippen LogP contribution >= 0.6 is 0 Å². The Morgan fingerprint density at radius 2 is 2.06 bits per heavy atom. The van der Waals surface area contributed by atoms with Crippen molar-refractivity contribution >= 4 is 5.97 Å². The number of carboxylic acid groups (broad SMARTS) is 1. The first kappa shape index (κ1) is 12.7. The number of aliphatic carboxylic acids is 1. The second-order valence-electron chi connectivity index (χ2n) is 4.97. The van der Waals surface area contributed by atoms with Crippen LogP contribution in [-0.2, 0) is 11.2 Å². The molecule has 18 heavy (non-hydrogen) atoms. The normalized spacial score (nSPS) is 14.4. The van der Waals surface area contributed by atoms with Crippen LogP contribution in [0.1, 0.15) is 19.4 Å². The molecule has 0 amide bonds. The van der Waals surface area contributed by atoms with E-state index in [1.807, 2.05) is 0 Å². The predicted octanol–water partition coefficient (Wildman–Crippen LogP) is 2.25. The van der Waals surface area contributed by atoms with Gasteiger partial charge in [-0.1, -0.05) is 0 Å². The van der Waals surface area contributed by atoms with Gasteiger partial charge in [-0.15, -0.1) is 0 Å². The van der Waals surface area contributed by atoms with E-state index in [9.17, 15) is 9.18 Å². The molecule has 0 saturated carbocycles. The summed E-state index contributed by atoms with van der Waals surface area (Å²) in [7, 11) is 0. The van der Waals surface area contributed by atoms with Crippen LogP contribution in [0.5, 0.6) is 11.5 Å². The summed E-state index contributed by atoms with van der Waals surface area (Å²) >= 11 is 0. The van der Waals surface area contributed by atoms with Gasteiger partial charge in [-0.2, -0.15) is 0 Å². The monoisotopic (exact) mass is 254 g/mol. The van der Waals surface area contributed by atoms with Crippen LogP contribution in [0.3, 0.4) is 0 Å². The average Bonchev–Trinajstić information content (AvgIpc) is 2.28. The lowest BCUT2D eigenvalue weighted by Gasteiger charge is -2.22. The van der Waals surface area contributed by atoms with Gasteiger partial charge in [0.1, 0.15) is 13.2 Å². The molecule has 0 aliphatic carbocycles. The third-order valence-corrected chi connectivity index (χ3v) is 2.88. The van der Waals surface area contributed by atoms with E-state index in [-0.39, 0.29) is 12.2 Å². The van der Waals surface area contributed by atoms with Crippen molar-refractivity contribution in [2.75, 3.05) is 13.2 Å². The smallest absolute Gasteiger partial charge is 0.309 e. The lowest BCUT2D eigenvalue weighted by atomic mass is 9.86. The molecule has 0 atom stereocenters. The summed E-state index contributed by atoms with van der Waals surface area (Å²) in [6, 6.07) is 2.94. The summed E-state index contributed by atoms with van der Waals surface area (Å²) < 4.78 is 24.2. The summed E-state index contributed by atoms with van der Waals surface area (Å²) in [4.78, 5) is 11.0. The molecule has 2 rings (SSSR count). The van der Waals surface area contributed by atoms with Crippen LogP contribution < -0.4 is 9.47 Å². The molecule has 1 N–H and O–H groups in total. The molecule has 5 heteroatoms. The van der Waals surface area contributed by atoms with E-state index in [0.717, 1.165) is 0 Å². The number of benzene rings is 1. The Bertz CT molecular complexity index is 482. The molecule has 1 aliphatic rings. The summed E-state index contributed by atoms with van der Waals surface area (Å²) in [5.74, 6) is -0.975. The zero-order chi connectivity index (χ0) is 13.3. The van der Waals surface area contributed by atoms with Crippen molar-refractivity contribution in [3.05, 3.63) is 23.5 Å². The molecule has 1 aliphatic heterocycles. The number of rotatable bonds is 3. The second kappa shape index (κ2) is 4.48. The second-order valence-corrected chi connectivity index (χ2v) is 4.97. The molecule has 1 aromatic carbocycles. The number of ether oxygens (including phenoxy) is 2. The van der Waals surface area contributed by atoms with Gasteiger partial charge in [0.2, 0.25) is 0 Å². The van der Waals surface area contributed by atoms with E-state index < -0.39 is 17.2 Å². The molecule has 98 valence electrons. The zero-order valence-electron chi connectivity index (χ0n) is 10.3. The number of carboxylic acids is 1. The van der Waals surface area contributed by atoms with Crippen molar-refractivity contribution in [3.8, 4) is 11.5 Å². The molecule has 0 unspecified atom stereocenters. The van der Waals surface area contributed by atoms with E-state index in [0.29, 0.717) is 24.5 Å². The van der Waals surface area contributed by atoms with Crippen molar-refractivity contribution in [1.29, 1.82) is 0 Å². The van der Waals surface area contributed by atoms with Crippen molar-refractivity contribution in [3.63, 3.8) is 0 Å². The van der Waals surface area contributed by atoms with Crippen LogP contribution in [0.25, 0.3) is 0 Å². The number of hydrogen-bond acceptors (Lipinski definition) is 3. The minimum atomic E-state index is -0.948. The first-order valence-corrected chi connectivity index (χ1v) is 5.71. The van der Waals surface area contributed by atoms with Crippen molar-refractivity contribution in [2.45, 2.75) is 20.3 Å². The minimum absolute atomic E-state index is 0.109. The topological polar surface area (TPSA) is 55.8 Å². The maximum Gasteiger partial charge on any atom is 0.309 e. The number of fused-ring (bicyclic) bond motifs is 1. The van der Waals surface area contributed by atoms with Crippen LogP contribution in [-0.4, -0.2) is 24.3 Å². The molecule has 1 aromatic rings. The van der Waals surface area contributed by atoms with Crippen molar-refractivity contribution in [2.24, 2.45) is 5.41 Å². The highest BCUT2D eigenvalue weighted by Gasteiger charge is 2.29. The molecule has 0 bridgehead atoms. The highest BCUT2D eigenvalue weighted by molar-refractivity contribution is 5.74. The Balaban J connectivity index is 2.30. The fraction of sp³-hybridized carbons (Fsp3) is 0.462. The van der Waals surface area contributed by atoms with Crippen LogP contribution in [0.4, 0.5) is 4.39 Å². The molecular formula is C13H15FO4. The van der Waals surface area contributed by atoms with Gasteiger partial charge in [0.25, 0.3) is 0 Å². The summed E-state index contributed by atoms with van der Waals surface area (Å²) in [6.45, 7) is 3.90. The van der Waals surface area contributed by atoms with E-state index in [2.05, 4.69) is 0 Å². The van der Waals surface area contributed by atoms with Gasteiger partial charge in [-0.25, -0.2) is 4.39 Å². The van der Waals surface area contributed by atoms with Gasteiger partial charge in [0.05, 0.1) is 5.41 Å². The van der Waals surface area contributed by atoms with Gasteiger partial charge in [0, 0.05) is 0 Å². The Morgan fingerprint density at radius 1 is 1.39 bits per heavy atom. The number of halogens is 1. The fourth-order valence-corrected chi connectivity index (χ4v) is 1.85. The van der Waals surface area contributed by atoms with Crippen LogP contribution in [0.2, 0.25) is 0 Å². The van der Waals surface area contributed by atoms with Crippen molar-refractivity contribution in [1.82, 2.24) is 0 Å². The first-order valence-electron chi connectivity index (χ1n) is 5.71. The van der Waals surface area contributed by atoms with Crippen LogP contribution in [0, 0.1) is 11.2 Å². The Morgan fingerprint density at radius 3 is 2.72 bits per heavy atom. The molecule has 0 radical (unpaired) electrons. The highest BCUT2D eigenvalue weighted by atomic mass is 19.1.